The van der Waals surface area contributed by atoms with Crippen molar-refractivity contribution in [2.45, 2.75) is 58.7 Å². The molecule has 0 bridgehead atoms. The Hall–Kier alpha value is -1.56. The second-order valence-electron chi connectivity index (χ2n) is 7.18. The molecule has 0 aliphatic heterocycles. The first-order chi connectivity index (χ1) is 10.9. The van der Waals surface area contributed by atoms with Crippen molar-refractivity contribution < 1.29 is 23.1 Å². The molecule has 0 aliphatic carbocycles. The van der Waals surface area contributed by atoms with Crippen LogP contribution in [0.4, 0.5) is 13.2 Å². The highest BCUT2D eigenvalue weighted by Gasteiger charge is 2.34. The summed E-state index contributed by atoms with van der Waals surface area (Å²) in [7, 11) is 0. The smallest absolute Gasteiger partial charge is 0.393 e. The highest BCUT2D eigenvalue weighted by Crippen LogP contribution is 2.36. The van der Waals surface area contributed by atoms with Gasteiger partial charge in [-0.1, -0.05) is 39.0 Å². The van der Waals surface area contributed by atoms with Gasteiger partial charge in [0.25, 0.3) is 0 Å². The lowest BCUT2D eigenvalue weighted by molar-refractivity contribution is -0.138. The second-order valence-corrected chi connectivity index (χ2v) is 7.18. The normalized spacial score (nSPS) is 15.0. The van der Waals surface area contributed by atoms with Crippen LogP contribution in [0.1, 0.15) is 57.6 Å². The van der Waals surface area contributed by atoms with Gasteiger partial charge in [0.15, 0.2) is 0 Å². The summed E-state index contributed by atoms with van der Waals surface area (Å²) in [5.74, 6) is -0.833. The van der Waals surface area contributed by atoms with Gasteiger partial charge in [-0.15, -0.1) is 0 Å². The summed E-state index contributed by atoms with van der Waals surface area (Å²) in [5.41, 5.74) is -0.847. The highest BCUT2D eigenvalue weighted by molar-refractivity contribution is 5.77. The number of aliphatic hydroxyl groups excluding tert-OH is 1. The minimum Gasteiger partial charge on any atom is -0.393 e. The number of benzene rings is 1. The first-order valence-electron chi connectivity index (χ1n) is 8.03. The minimum atomic E-state index is -4.43. The van der Waals surface area contributed by atoms with Gasteiger partial charge in [0.2, 0.25) is 5.91 Å². The Morgan fingerprint density at radius 2 is 1.79 bits per heavy atom. The maximum Gasteiger partial charge on any atom is 0.416 e. The van der Waals surface area contributed by atoms with Gasteiger partial charge in [0, 0.05) is 13.0 Å². The van der Waals surface area contributed by atoms with E-state index < -0.39 is 23.8 Å². The van der Waals surface area contributed by atoms with Crippen molar-refractivity contribution in [3.63, 3.8) is 0 Å². The van der Waals surface area contributed by atoms with E-state index in [0.29, 0.717) is 13.0 Å². The van der Waals surface area contributed by atoms with Crippen LogP contribution in [0.5, 0.6) is 0 Å². The third kappa shape index (κ3) is 6.51. The minimum absolute atomic E-state index is 0.0160. The lowest BCUT2D eigenvalue weighted by atomic mass is 9.86. The van der Waals surface area contributed by atoms with Crippen LogP contribution in [0.3, 0.4) is 0 Å². The van der Waals surface area contributed by atoms with Crippen molar-refractivity contribution in [2.24, 2.45) is 5.41 Å². The molecule has 6 heteroatoms. The number of nitrogens with one attached hydrogen (secondary N) is 1. The van der Waals surface area contributed by atoms with Gasteiger partial charge in [-0.25, -0.2) is 0 Å². The standard InChI is InChI=1S/C18H26F3NO2/c1-12(14-7-5-6-8-15(14)18(19,20)21)9-16(24)22-11-17(3,4)10-13(2)23/h5-8,12-13,23H,9-11H2,1-4H3,(H,22,24). The Morgan fingerprint density at radius 3 is 2.33 bits per heavy atom. The number of carbonyl (C=O) groups is 1. The Kier molecular flexibility index (Phi) is 6.84. The highest BCUT2D eigenvalue weighted by atomic mass is 19.4. The van der Waals surface area contributed by atoms with Gasteiger partial charge in [-0.05, 0) is 36.3 Å². The summed E-state index contributed by atoms with van der Waals surface area (Å²) in [6.45, 7) is 7.50. The van der Waals surface area contributed by atoms with Gasteiger partial charge >= 0.3 is 6.18 Å². The molecule has 1 amide bonds. The molecule has 0 saturated heterocycles. The summed E-state index contributed by atoms with van der Waals surface area (Å²) < 4.78 is 39.1. The first-order valence-corrected chi connectivity index (χ1v) is 8.03. The van der Waals surface area contributed by atoms with E-state index in [9.17, 15) is 23.1 Å². The molecule has 136 valence electrons. The molecule has 3 nitrogen and oxygen atoms in total. The third-order valence-electron chi connectivity index (χ3n) is 3.90. The lowest BCUT2D eigenvalue weighted by Gasteiger charge is -2.26. The number of hydrogen-bond donors (Lipinski definition) is 2. The van der Waals surface area contributed by atoms with Crippen molar-refractivity contribution in [1.29, 1.82) is 0 Å². The molecule has 0 saturated carbocycles. The molecular formula is C18H26F3NO2. The van der Waals surface area contributed by atoms with Crippen LogP contribution in [0.2, 0.25) is 0 Å². The van der Waals surface area contributed by atoms with Crippen LogP contribution < -0.4 is 5.32 Å². The lowest BCUT2D eigenvalue weighted by Crippen LogP contribution is -2.36. The Bertz CT molecular complexity index is 553. The molecule has 2 N–H and O–H groups in total. The molecule has 1 aromatic carbocycles. The van der Waals surface area contributed by atoms with Gasteiger partial charge in [-0.3, -0.25) is 4.79 Å². The fourth-order valence-electron chi connectivity index (χ4n) is 2.85. The Balaban J connectivity index is 2.69. The van der Waals surface area contributed by atoms with Gasteiger partial charge in [-0.2, -0.15) is 13.2 Å². The van der Waals surface area contributed by atoms with E-state index in [-0.39, 0.29) is 23.3 Å². The zero-order valence-corrected chi connectivity index (χ0v) is 14.6. The molecule has 0 aliphatic rings. The molecule has 1 aromatic rings. The summed E-state index contributed by atoms with van der Waals surface area (Å²) in [4.78, 5) is 12.1. The maximum absolute atomic E-state index is 13.0. The summed E-state index contributed by atoms with van der Waals surface area (Å²) in [6.07, 6.45) is -4.40. The van der Waals surface area contributed by atoms with Crippen molar-refractivity contribution >= 4 is 5.91 Å². The fourth-order valence-corrected chi connectivity index (χ4v) is 2.85. The molecule has 0 heterocycles. The van der Waals surface area contributed by atoms with Crippen molar-refractivity contribution in [2.75, 3.05) is 6.54 Å². The number of amides is 1. The largest absolute Gasteiger partial charge is 0.416 e. The van der Waals surface area contributed by atoms with E-state index in [1.807, 2.05) is 13.8 Å². The maximum atomic E-state index is 13.0. The van der Waals surface area contributed by atoms with E-state index in [1.54, 1.807) is 19.9 Å². The van der Waals surface area contributed by atoms with E-state index in [2.05, 4.69) is 5.32 Å². The second kappa shape index (κ2) is 8.01. The van der Waals surface area contributed by atoms with Gasteiger partial charge in [0.1, 0.15) is 0 Å². The first kappa shape index (κ1) is 20.5. The van der Waals surface area contributed by atoms with Gasteiger partial charge in [0.05, 0.1) is 11.7 Å². The monoisotopic (exact) mass is 345 g/mol. The Morgan fingerprint density at radius 1 is 1.21 bits per heavy atom. The fraction of sp³-hybridized carbons (Fsp3) is 0.611. The van der Waals surface area contributed by atoms with Crippen molar-refractivity contribution in [3.05, 3.63) is 35.4 Å². The van der Waals surface area contributed by atoms with Crippen LogP contribution in [0, 0.1) is 5.41 Å². The number of hydrogen-bond acceptors (Lipinski definition) is 2. The molecule has 0 spiro atoms. The van der Waals surface area contributed by atoms with Gasteiger partial charge < -0.3 is 10.4 Å². The zero-order valence-electron chi connectivity index (χ0n) is 14.6. The molecule has 24 heavy (non-hydrogen) atoms. The molecule has 0 aromatic heterocycles. The molecule has 2 atom stereocenters. The predicted molar refractivity (Wildman–Crippen MR) is 87.6 cm³/mol. The van der Waals surface area contributed by atoms with Crippen molar-refractivity contribution in [1.82, 2.24) is 5.32 Å². The van der Waals surface area contributed by atoms with E-state index in [1.165, 1.54) is 12.1 Å². The molecule has 0 radical (unpaired) electrons. The van der Waals surface area contributed by atoms with Crippen LogP contribution in [-0.4, -0.2) is 23.7 Å². The number of halogens is 3. The molecule has 0 fully saturated rings. The average molecular weight is 345 g/mol. The van der Waals surface area contributed by atoms with E-state index >= 15 is 0 Å². The Labute approximate surface area is 141 Å². The number of alkyl halides is 3. The number of carbonyl (C=O) groups excluding carboxylic acids is 1. The molecular weight excluding hydrogens is 319 g/mol. The van der Waals surface area contributed by atoms with Crippen LogP contribution >= 0.6 is 0 Å². The quantitative estimate of drug-likeness (QED) is 0.781. The SMILES string of the molecule is CC(O)CC(C)(C)CNC(=O)CC(C)c1ccccc1C(F)(F)F. The summed E-state index contributed by atoms with van der Waals surface area (Å²) in [6, 6.07) is 5.34. The zero-order chi connectivity index (χ0) is 18.5. The van der Waals surface area contributed by atoms with Crippen LogP contribution in [0.15, 0.2) is 24.3 Å². The molecule has 2 unspecified atom stereocenters. The van der Waals surface area contributed by atoms with E-state index in [4.69, 9.17) is 0 Å². The van der Waals surface area contributed by atoms with Crippen LogP contribution in [-0.2, 0) is 11.0 Å². The third-order valence-corrected chi connectivity index (χ3v) is 3.90. The molecule has 1 rings (SSSR count). The number of rotatable bonds is 7. The topological polar surface area (TPSA) is 49.3 Å². The predicted octanol–water partition coefficient (Wildman–Crippen LogP) is 4.11. The average Bonchev–Trinajstić information content (AvgIpc) is 2.43. The summed E-state index contributed by atoms with van der Waals surface area (Å²) in [5, 5.41) is 12.2. The van der Waals surface area contributed by atoms with Crippen LogP contribution in [0.25, 0.3) is 0 Å². The van der Waals surface area contributed by atoms with E-state index in [0.717, 1.165) is 6.07 Å². The van der Waals surface area contributed by atoms with Crippen molar-refractivity contribution in [3.8, 4) is 0 Å². The summed E-state index contributed by atoms with van der Waals surface area (Å²) >= 11 is 0. The number of aliphatic hydroxyl groups is 1.